The van der Waals surface area contributed by atoms with Crippen LogP contribution in [0.25, 0.3) is 0 Å². The van der Waals surface area contributed by atoms with Gasteiger partial charge in [-0.15, -0.1) is 0 Å². The van der Waals surface area contributed by atoms with Crippen LogP contribution in [-0.4, -0.2) is 41.8 Å². The van der Waals surface area contributed by atoms with E-state index in [1.165, 1.54) is 0 Å². The van der Waals surface area contributed by atoms with Crippen molar-refractivity contribution in [2.45, 2.75) is 19.4 Å². The van der Waals surface area contributed by atoms with E-state index in [4.69, 9.17) is 9.84 Å². The minimum atomic E-state index is -0.830. The molecule has 0 saturated heterocycles. The van der Waals surface area contributed by atoms with E-state index in [9.17, 15) is 9.90 Å². The molecule has 0 aliphatic heterocycles. The Labute approximate surface area is 107 Å². The number of carboxylic acid groups (broad SMARTS) is 1. The van der Waals surface area contributed by atoms with Gasteiger partial charge >= 0.3 is 5.97 Å². The summed E-state index contributed by atoms with van der Waals surface area (Å²) in [5.41, 5.74) is 0.724. The fourth-order valence-electron chi connectivity index (χ4n) is 1.70. The molecular weight excluding hydrogens is 234 g/mol. The molecule has 5 heteroatoms. The molecule has 2 N–H and O–H groups in total. The lowest BCUT2D eigenvalue weighted by molar-refractivity contribution is -0.137. The Bertz CT molecular complexity index is 419. The van der Waals surface area contributed by atoms with E-state index in [1.54, 1.807) is 25.3 Å². The van der Waals surface area contributed by atoms with Crippen molar-refractivity contribution in [3.63, 3.8) is 0 Å². The number of hydrogen-bond donors (Lipinski definition) is 2. The molecule has 0 aliphatic carbocycles. The summed E-state index contributed by atoms with van der Waals surface area (Å²) in [5.74, 6) is 0.0238. The third-order valence-corrected chi connectivity index (χ3v) is 3.02. The lowest BCUT2D eigenvalue weighted by Gasteiger charge is -2.25. The van der Waals surface area contributed by atoms with Crippen molar-refractivity contribution in [3.8, 4) is 11.5 Å². The van der Waals surface area contributed by atoms with Crippen molar-refractivity contribution >= 4 is 5.97 Å². The number of aromatic hydroxyl groups is 1. The van der Waals surface area contributed by atoms with Gasteiger partial charge in [0, 0.05) is 18.2 Å². The van der Waals surface area contributed by atoms with Crippen molar-refractivity contribution in [2.24, 2.45) is 0 Å². The summed E-state index contributed by atoms with van der Waals surface area (Å²) in [6.45, 7) is 2.34. The lowest BCUT2D eigenvalue weighted by atomic mass is 10.1. The molecule has 100 valence electrons. The van der Waals surface area contributed by atoms with Crippen molar-refractivity contribution in [1.29, 1.82) is 0 Å². The van der Waals surface area contributed by atoms with E-state index in [0.29, 0.717) is 12.3 Å². The highest BCUT2D eigenvalue weighted by molar-refractivity contribution is 5.66. The third kappa shape index (κ3) is 3.63. The first-order chi connectivity index (χ1) is 8.45. The van der Waals surface area contributed by atoms with E-state index in [1.807, 2.05) is 18.9 Å². The number of carbonyl (C=O) groups is 1. The smallest absolute Gasteiger partial charge is 0.304 e. The molecule has 1 aromatic carbocycles. The molecule has 0 amide bonds. The average Bonchev–Trinajstić information content (AvgIpc) is 2.35. The highest BCUT2D eigenvalue weighted by Gasteiger charge is 2.16. The predicted molar refractivity (Wildman–Crippen MR) is 68.0 cm³/mol. The largest absolute Gasteiger partial charge is 0.508 e. The number of carboxylic acids is 1. The summed E-state index contributed by atoms with van der Waals surface area (Å²) in [5, 5.41) is 18.5. The number of methoxy groups -OCH3 is 1. The van der Waals surface area contributed by atoms with Gasteiger partial charge < -0.3 is 14.9 Å². The summed E-state index contributed by atoms with van der Waals surface area (Å²) in [4.78, 5) is 12.4. The van der Waals surface area contributed by atoms with Crippen LogP contribution in [0.15, 0.2) is 18.2 Å². The van der Waals surface area contributed by atoms with Crippen LogP contribution >= 0.6 is 0 Å². The molecular formula is C13H19NO4. The van der Waals surface area contributed by atoms with Gasteiger partial charge in [-0.1, -0.05) is 0 Å². The Morgan fingerprint density at radius 1 is 1.50 bits per heavy atom. The standard InChI is InChI=1S/C13H19NO4/c1-9(14(2)7-6-13(16)17)11-8-10(18-3)4-5-12(11)15/h4-5,8-9,15H,6-7H2,1-3H3,(H,16,17). The Balaban J connectivity index is 2.81. The quantitative estimate of drug-likeness (QED) is 0.810. The van der Waals surface area contributed by atoms with Crippen LogP contribution in [0.1, 0.15) is 24.9 Å². The minimum Gasteiger partial charge on any atom is -0.508 e. The molecule has 0 fully saturated rings. The van der Waals surface area contributed by atoms with Gasteiger partial charge in [0.15, 0.2) is 0 Å². The Morgan fingerprint density at radius 2 is 2.17 bits per heavy atom. The minimum absolute atomic E-state index is 0.0750. The zero-order valence-electron chi connectivity index (χ0n) is 10.9. The van der Waals surface area contributed by atoms with Gasteiger partial charge in [0.1, 0.15) is 11.5 Å². The summed E-state index contributed by atoms with van der Waals surface area (Å²) >= 11 is 0. The molecule has 0 radical (unpaired) electrons. The van der Waals surface area contributed by atoms with Crippen molar-refractivity contribution < 1.29 is 19.7 Å². The second-order valence-corrected chi connectivity index (χ2v) is 4.23. The number of nitrogens with zero attached hydrogens (tertiary/aromatic N) is 1. The summed E-state index contributed by atoms with van der Waals surface area (Å²) in [6.07, 6.45) is 0.0750. The van der Waals surface area contributed by atoms with Gasteiger partial charge in [-0.2, -0.15) is 0 Å². The van der Waals surface area contributed by atoms with Crippen molar-refractivity contribution in [3.05, 3.63) is 23.8 Å². The number of phenolic OH excluding ortho intramolecular Hbond substituents is 1. The molecule has 0 bridgehead atoms. The lowest BCUT2D eigenvalue weighted by Crippen LogP contribution is -2.25. The van der Waals surface area contributed by atoms with Crippen molar-refractivity contribution in [1.82, 2.24) is 4.90 Å². The number of aliphatic carboxylic acids is 1. The van der Waals surface area contributed by atoms with Gasteiger partial charge in [-0.05, 0) is 32.2 Å². The van der Waals surface area contributed by atoms with Crippen LogP contribution < -0.4 is 4.74 Å². The Hall–Kier alpha value is -1.75. The highest BCUT2D eigenvalue weighted by atomic mass is 16.5. The molecule has 5 nitrogen and oxygen atoms in total. The topological polar surface area (TPSA) is 70.0 Å². The first kappa shape index (κ1) is 14.3. The molecule has 0 heterocycles. The number of rotatable bonds is 6. The Kier molecular flexibility index (Phi) is 4.97. The predicted octanol–water partition coefficient (Wildman–Crippen LogP) is 1.87. The molecule has 1 atom stereocenters. The second-order valence-electron chi connectivity index (χ2n) is 4.23. The van der Waals surface area contributed by atoms with Gasteiger partial charge in [0.05, 0.1) is 13.5 Å². The van der Waals surface area contributed by atoms with E-state index in [0.717, 1.165) is 5.56 Å². The van der Waals surface area contributed by atoms with Crippen LogP contribution in [0.5, 0.6) is 11.5 Å². The van der Waals surface area contributed by atoms with Crippen LogP contribution in [0.4, 0.5) is 0 Å². The molecule has 1 unspecified atom stereocenters. The van der Waals surface area contributed by atoms with E-state index < -0.39 is 5.97 Å². The van der Waals surface area contributed by atoms with E-state index in [2.05, 4.69) is 0 Å². The van der Waals surface area contributed by atoms with Crippen LogP contribution in [0, 0.1) is 0 Å². The van der Waals surface area contributed by atoms with Gasteiger partial charge in [0.25, 0.3) is 0 Å². The number of hydrogen-bond acceptors (Lipinski definition) is 4. The van der Waals surface area contributed by atoms with Crippen LogP contribution in [0.2, 0.25) is 0 Å². The maximum atomic E-state index is 10.5. The summed E-state index contributed by atoms with van der Waals surface area (Å²) in [6, 6.07) is 4.94. The Morgan fingerprint density at radius 3 is 2.72 bits per heavy atom. The number of benzene rings is 1. The SMILES string of the molecule is COc1ccc(O)c(C(C)N(C)CCC(=O)O)c1. The normalized spacial score (nSPS) is 12.4. The maximum absolute atomic E-state index is 10.5. The number of phenols is 1. The third-order valence-electron chi connectivity index (χ3n) is 3.02. The monoisotopic (exact) mass is 253 g/mol. The zero-order chi connectivity index (χ0) is 13.7. The fourth-order valence-corrected chi connectivity index (χ4v) is 1.70. The first-order valence-corrected chi connectivity index (χ1v) is 5.74. The average molecular weight is 253 g/mol. The molecule has 1 aromatic rings. The molecule has 18 heavy (non-hydrogen) atoms. The summed E-state index contributed by atoms with van der Waals surface area (Å²) in [7, 11) is 3.39. The highest BCUT2D eigenvalue weighted by Crippen LogP contribution is 2.31. The van der Waals surface area contributed by atoms with Crippen molar-refractivity contribution in [2.75, 3.05) is 20.7 Å². The molecule has 0 spiro atoms. The zero-order valence-corrected chi connectivity index (χ0v) is 10.9. The maximum Gasteiger partial charge on any atom is 0.304 e. The molecule has 0 aromatic heterocycles. The van der Waals surface area contributed by atoms with Gasteiger partial charge in [-0.3, -0.25) is 9.69 Å². The van der Waals surface area contributed by atoms with E-state index in [-0.39, 0.29) is 18.2 Å². The fraction of sp³-hybridized carbons (Fsp3) is 0.462. The molecule has 0 saturated carbocycles. The van der Waals surface area contributed by atoms with Crippen LogP contribution in [0.3, 0.4) is 0 Å². The van der Waals surface area contributed by atoms with Gasteiger partial charge in [-0.25, -0.2) is 0 Å². The van der Waals surface area contributed by atoms with Crippen LogP contribution in [-0.2, 0) is 4.79 Å². The second kappa shape index (κ2) is 6.26. The first-order valence-electron chi connectivity index (χ1n) is 5.74. The van der Waals surface area contributed by atoms with Gasteiger partial charge in [0.2, 0.25) is 0 Å². The molecule has 1 rings (SSSR count). The summed E-state index contributed by atoms with van der Waals surface area (Å²) < 4.78 is 5.11. The van der Waals surface area contributed by atoms with E-state index >= 15 is 0 Å². The molecule has 0 aliphatic rings. The number of ether oxygens (including phenoxy) is 1.